The molecular weight excluding hydrogens is 282 g/mol. The summed E-state index contributed by atoms with van der Waals surface area (Å²) in [6, 6.07) is 6.75. The maximum absolute atomic E-state index is 11.9. The number of nitrogens with zero attached hydrogens (tertiary/aromatic N) is 2. The molecule has 1 aromatic heterocycles. The molecule has 0 radical (unpaired) electrons. The van der Waals surface area contributed by atoms with Gasteiger partial charge in [0.2, 0.25) is 5.91 Å². The summed E-state index contributed by atoms with van der Waals surface area (Å²) in [4.78, 5) is 18.7. The van der Waals surface area contributed by atoms with Crippen LogP contribution >= 0.6 is 11.8 Å². The van der Waals surface area contributed by atoms with Gasteiger partial charge >= 0.3 is 0 Å². The van der Waals surface area contributed by atoms with Gasteiger partial charge in [0.1, 0.15) is 0 Å². The largest absolute Gasteiger partial charge is 0.355 e. The van der Waals surface area contributed by atoms with Crippen LogP contribution in [0.3, 0.4) is 0 Å². The van der Waals surface area contributed by atoms with Gasteiger partial charge < -0.3 is 10.2 Å². The zero-order valence-corrected chi connectivity index (χ0v) is 13.1. The molecule has 0 unspecified atom stereocenters. The van der Waals surface area contributed by atoms with E-state index in [4.69, 9.17) is 0 Å². The number of thioether (sulfide) groups is 1. The third-order valence-corrected chi connectivity index (χ3v) is 5.14. The quantitative estimate of drug-likeness (QED) is 0.836. The predicted octanol–water partition coefficient (Wildman–Crippen LogP) is 1.92. The van der Waals surface area contributed by atoms with E-state index in [0.29, 0.717) is 11.7 Å². The van der Waals surface area contributed by atoms with E-state index in [9.17, 15) is 4.79 Å². The molecule has 114 valence electrons. The number of nitrogens with one attached hydrogen (secondary N) is 1. The fourth-order valence-electron chi connectivity index (χ4n) is 2.84. The second-order valence-corrected chi connectivity index (χ2v) is 6.98. The Morgan fingerprint density at radius 3 is 3.05 bits per heavy atom. The minimum Gasteiger partial charge on any atom is -0.355 e. The minimum atomic E-state index is 0.154. The summed E-state index contributed by atoms with van der Waals surface area (Å²) in [5.74, 6) is 2.12. The highest BCUT2D eigenvalue weighted by molar-refractivity contribution is 7.99. The van der Waals surface area contributed by atoms with Gasteiger partial charge in [0.05, 0.1) is 11.4 Å². The standard InChI is InChI=1S/C16H23N3OS/c20-16(12-21-11-14-3-1-2-7-17-14)18-9-13-6-8-19(10-13)15-4-5-15/h1-3,7,13,15H,4-6,8-12H2,(H,18,20)/t13-/m1/s1. The van der Waals surface area contributed by atoms with Crippen LogP contribution in [0.4, 0.5) is 0 Å². The number of carbonyl (C=O) groups excluding carboxylic acids is 1. The van der Waals surface area contributed by atoms with Gasteiger partial charge in [0.15, 0.2) is 0 Å². The fraction of sp³-hybridized carbons (Fsp3) is 0.625. The number of likely N-dealkylation sites (tertiary alicyclic amines) is 1. The van der Waals surface area contributed by atoms with E-state index in [1.165, 1.54) is 32.4 Å². The molecule has 1 amide bonds. The lowest BCUT2D eigenvalue weighted by Crippen LogP contribution is -2.32. The molecule has 2 fully saturated rings. The van der Waals surface area contributed by atoms with Crippen LogP contribution in [0.5, 0.6) is 0 Å². The highest BCUT2D eigenvalue weighted by Gasteiger charge is 2.34. The average molecular weight is 305 g/mol. The maximum Gasteiger partial charge on any atom is 0.230 e. The van der Waals surface area contributed by atoms with E-state index >= 15 is 0 Å². The summed E-state index contributed by atoms with van der Waals surface area (Å²) in [6.07, 6.45) is 5.78. The molecule has 5 heteroatoms. The Morgan fingerprint density at radius 1 is 1.38 bits per heavy atom. The monoisotopic (exact) mass is 305 g/mol. The first-order valence-corrected chi connectivity index (χ1v) is 8.95. The van der Waals surface area contributed by atoms with Crippen molar-refractivity contribution >= 4 is 17.7 Å². The number of hydrogen-bond acceptors (Lipinski definition) is 4. The molecule has 1 saturated carbocycles. The topological polar surface area (TPSA) is 45.2 Å². The van der Waals surface area contributed by atoms with Crippen molar-refractivity contribution in [2.45, 2.75) is 31.1 Å². The van der Waals surface area contributed by atoms with Crippen LogP contribution in [-0.2, 0) is 10.5 Å². The Labute approximate surface area is 130 Å². The zero-order valence-electron chi connectivity index (χ0n) is 12.3. The van der Waals surface area contributed by atoms with Crippen molar-refractivity contribution in [2.24, 2.45) is 5.92 Å². The molecule has 21 heavy (non-hydrogen) atoms. The molecule has 4 nitrogen and oxygen atoms in total. The second-order valence-electron chi connectivity index (χ2n) is 6.00. The lowest BCUT2D eigenvalue weighted by atomic mass is 10.1. The molecule has 3 rings (SSSR count). The Hall–Kier alpha value is -1.07. The van der Waals surface area contributed by atoms with E-state index in [2.05, 4.69) is 15.2 Å². The van der Waals surface area contributed by atoms with Crippen molar-refractivity contribution in [2.75, 3.05) is 25.4 Å². The van der Waals surface area contributed by atoms with Crippen molar-refractivity contribution < 1.29 is 4.79 Å². The van der Waals surface area contributed by atoms with Crippen LogP contribution in [0.1, 0.15) is 25.0 Å². The summed E-state index contributed by atoms with van der Waals surface area (Å²) < 4.78 is 0. The maximum atomic E-state index is 11.9. The first kappa shape index (κ1) is 14.9. The molecule has 1 aliphatic carbocycles. The summed E-state index contributed by atoms with van der Waals surface area (Å²) in [7, 11) is 0. The molecule has 2 heterocycles. The highest BCUT2D eigenvalue weighted by atomic mass is 32.2. The lowest BCUT2D eigenvalue weighted by molar-refractivity contribution is -0.118. The highest BCUT2D eigenvalue weighted by Crippen LogP contribution is 2.31. The lowest BCUT2D eigenvalue weighted by Gasteiger charge is -2.15. The molecule has 1 saturated heterocycles. The molecule has 1 atom stereocenters. The van der Waals surface area contributed by atoms with Crippen molar-refractivity contribution in [3.05, 3.63) is 30.1 Å². The van der Waals surface area contributed by atoms with Gasteiger partial charge in [0, 0.05) is 31.1 Å². The Kier molecular flexibility index (Phi) is 5.14. The zero-order chi connectivity index (χ0) is 14.5. The van der Waals surface area contributed by atoms with Crippen LogP contribution in [0.2, 0.25) is 0 Å². The molecule has 1 aromatic rings. The number of rotatable bonds is 7. The van der Waals surface area contributed by atoms with Gasteiger partial charge in [-0.05, 0) is 43.9 Å². The van der Waals surface area contributed by atoms with Gasteiger partial charge in [-0.15, -0.1) is 11.8 Å². The predicted molar refractivity (Wildman–Crippen MR) is 86.1 cm³/mol. The van der Waals surface area contributed by atoms with Gasteiger partial charge in [-0.25, -0.2) is 0 Å². The number of pyridine rings is 1. The number of hydrogen-bond donors (Lipinski definition) is 1. The normalized spacial score (nSPS) is 22.4. The molecule has 0 aromatic carbocycles. The van der Waals surface area contributed by atoms with Crippen molar-refractivity contribution in [3.63, 3.8) is 0 Å². The molecule has 0 spiro atoms. The van der Waals surface area contributed by atoms with Gasteiger partial charge in [-0.3, -0.25) is 9.78 Å². The Bertz CT molecular complexity index is 464. The fourth-order valence-corrected chi connectivity index (χ4v) is 3.61. The molecular formula is C16H23N3OS. The van der Waals surface area contributed by atoms with Gasteiger partial charge in [-0.2, -0.15) is 0 Å². The van der Waals surface area contributed by atoms with Gasteiger partial charge in [-0.1, -0.05) is 6.07 Å². The van der Waals surface area contributed by atoms with Crippen molar-refractivity contribution in [1.29, 1.82) is 0 Å². The average Bonchev–Trinajstić information content (AvgIpc) is 3.25. The van der Waals surface area contributed by atoms with E-state index < -0.39 is 0 Å². The van der Waals surface area contributed by atoms with Crippen molar-refractivity contribution in [1.82, 2.24) is 15.2 Å². The summed E-state index contributed by atoms with van der Waals surface area (Å²) in [6.45, 7) is 3.23. The Balaban J connectivity index is 1.28. The van der Waals surface area contributed by atoms with Gasteiger partial charge in [0.25, 0.3) is 0 Å². The number of aromatic nitrogens is 1. The summed E-state index contributed by atoms with van der Waals surface area (Å²) in [5, 5.41) is 3.08. The van der Waals surface area contributed by atoms with Crippen LogP contribution in [0.15, 0.2) is 24.4 Å². The minimum absolute atomic E-state index is 0.154. The summed E-state index contributed by atoms with van der Waals surface area (Å²) in [5.41, 5.74) is 1.03. The number of amides is 1. The molecule has 1 N–H and O–H groups in total. The van der Waals surface area contributed by atoms with Crippen molar-refractivity contribution in [3.8, 4) is 0 Å². The Morgan fingerprint density at radius 2 is 2.29 bits per heavy atom. The third kappa shape index (κ3) is 4.71. The molecule has 2 aliphatic rings. The SMILES string of the molecule is O=C(CSCc1ccccn1)NC[C@H]1CCN(C2CC2)C1. The smallest absolute Gasteiger partial charge is 0.230 e. The van der Waals surface area contributed by atoms with E-state index in [1.54, 1.807) is 18.0 Å². The van der Waals surface area contributed by atoms with E-state index in [0.717, 1.165) is 24.0 Å². The van der Waals surface area contributed by atoms with Crippen LogP contribution < -0.4 is 5.32 Å². The van der Waals surface area contributed by atoms with E-state index in [-0.39, 0.29) is 5.91 Å². The van der Waals surface area contributed by atoms with Crippen LogP contribution in [0, 0.1) is 5.92 Å². The molecule has 1 aliphatic heterocycles. The van der Waals surface area contributed by atoms with Crippen LogP contribution in [0.25, 0.3) is 0 Å². The first-order valence-electron chi connectivity index (χ1n) is 7.79. The second kappa shape index (κ2) is 7.27. The van der Waals surface area contributed by atoms with E-state index in [1.807, 2.05) is 18.2 Å². The first-order chi connectivity index (χ1) is 10.3. The van der Waals surface area contributed by atoms with Crippen LogP contribution in [-0.4, -0.2) is 47.2 Å². The summed E-state index contributed by atoms with van der Waals surface area (Å²) >= 11 is 1.63. The number of carbonyl (C=O) groups is 1. The third-order valence-electron chi connectivity index (χ3n) is 4.18. The molecule has 0 bridgehead atoms.